The summed E-state index contributed by atoms with van der Waals surface area (Å²) in [6.45, 7) is 5.32. The molecule has 0 aliphatic heterocycles. The molecule has 0 spiro atoms. The van der Waals surface area contributed by atoms with Crippen molar-refractivity contribution in [3.8, 4) is 0 Å². The van der Waals surface area contributed by atoms with E-state index in [9.17, 15) is 5.11 Å². The van der Waals surface area contributed by atoms with Gasteiger partial charge in [-0.05, 0) is 43.5 Å². The summed E-state index contributed by atoms with van der Waals surface area (Å²) >= 11 is 0. The fourth-order valence-corrected chi connectivity index (χ4v) is 1.80. The third-order valence-corrected chi connectivity index (χ3v) is 3.32. The van der Waals surface area contributed by atoms with Crippen molar-refractivity contribution in [1.29, 1.82) is 0 Å². The van der Waals surface area contributed by atoms with Crippen LogP contribution >= 0.6 is 0 Å². The molecule has 1 heterocycles. The van der Waals surface area contributed by atoms with Gasteiger partial charge in [-0.15, -0.1) is 0 Å². The average molecular weight is 222 g/mol. The van der Waals surface area contributed by atoms with Gasteiger partial charge >= 0.3 is 0 Å². The first-order valence-corrected chi connectivity index (χ1v) is 6.01. The molecule has 0 atom stereocenters. The van der Waals surface area contributed by atoms with Crippen molar-refractivity contribution in [2.75, 3.05) is 13.2 Å². The van der Waals surface area contributed by atoms with Crippen LogP contribution in [0.1, 0.15) is 32.3 Å². The van der Waals surface area contributed by atoms with Crippen LogP contribution in [0.15, 0.2) is 24.5 Å². The normalized spacial score (nSPS) is 11.7. The minimum absolute atomic E-state index is 0.104. The summed E-state index contributed by atoms with van der Waals surface area (Å²) in [4.78, 5) is 3.99. The van der Waals surface area contributed by atoms with Gasteiger partial charge in [0.2, 0.25) is 0 Å². The Morgan fingerprint density at radius 2 is 1.88 bits per heavy atom. The zero-order valence-electron chi connectivity index (χ0n) is 10.2. The summed E-state index contributed by atoms with van der Waals surface area (Å²) in [7, 11) is 0. The van der Waals surface area contributed by atoms with Gasteiger partial charge < -0.3 is 10.4 Å². The highest BCUT2D eigenvalue weighted by atomic mass is 16.3. The van der Waals surface area contributed by atoms with Gasteiger partial charge in [-0.3, -0.25) is 4.98 Å². The van der Waals surface area contributed by atoms with Gasteiger partial charge in [-0.1, -0.05) is 13.8 Å². The third-order valence-electron chi connectivity index (χ3n) is 3.32. The highest BCUT2D eigenvalue weighted by Crippen LogP contribution is 2.13. The molecule has 0 aliphatic rings. The van der Waals surface area contributed by atoms with Crippen LogP contribution in [0.5, 0.6) is 0 Å². The molecule has 0 radical (unpaired) electrons. The molecule has 90 valence electrons. The number of hydrogen-bond donors (Lipinski definition) is 2. The topological polar surface area (TPSA) is 45.1 Å². The van der Waals surface area contributed by atoms with Gasteiger partial charge in [0.05, 0.1) is 6.61 Å². The molecule has 16 heavy (non-hydrogen) atoms. The molecule has 0 bridgehead atoms. The smallest absolute Gasteiger partial charge is 0.0613 e. The van der Waals surface area contributed by atoms with E-state index in [4.69, 9.17) is 0 Å². The van der Waals surface area contributed by atoms with E-state index in [0.717, 1.165) is 25.8 Å². The zero-order chi connectivity index (χ0) is 11.9. The maximum Gasteiger partial charge on any atom is 0.0613 e. The maximum absolute atomic E-state index is 9.40. The summed E-state index contributed by atoms with van der Waals surface area (Å²) in [5, 5.41) is 12.9. The minimum Gasteiger partial charge on any atom is -0.394 e. The van der Waals surface area contributed by atoms with Gasteiger partial charge in [-0.2, -0.15) is 0 Å². The molecule has 1 rings (SSSR count). The second-order valence-corrected chi connectivity index (χ2v) is 4.18. The van der Waals surface area contributed by atoms with Gasteiger partial charge in [0, 0.05) is 17.9 Å². The van der Waals surface area contributed by atoms with Gasteiger partial charge in [0.15, 0.2) is 0 Å². The summed E-state index contributed by atoms with van der Waals surface area (Å²) in [5.41, 5.74) is 1.18. The number of nitrogens with zero attached hydrogens (tertiary/aromatic N) is 1. The van der Waals surface area contributed by atoms with Crippen molar-refractivity contribution in [1.82, 2.24) is 10.3 Å². The monoisotopic (exact) mass is 222 g/mol. The van der Waals surface area contributed by atoms with Crippen LogP contribution in [0.25, 0.3) is 0 Å². The lowest BCUT2D eigenvalue weighted by molar-refractivity contribution is 0.152. The van der Waals surface area contributed by atoms with Crippen molar-refractivity contribution in [3.05, 3.63) is 30.1 Å². The number of hydrogen-bond acceptors (Lipinski definition) is 3. The Balaban J connectivity index is 2.39. The Morgan fingerprint density at radius 1 is 1.25 bits per heavy atom. The molecule has 1 aromatic heterocycles. The van der Waals surface area contributed by atoms with E-state index >= 15 is 0 Å². The van der Waals surface area contributed by atoms with E-state index in [1.165, 1.54) is 5.56 Å². The Hall–Kier alpha value is -0.930. The van der Waals surface area contributed by atoms with Gasteiger partial charge in [0.25, 0.3) is 0 Å². The van der Waals surface area contributed by atoms with E-state index in [1.54, 1.807) is 0 Å². The van der Waals surface area contributed by atoms with E-state index < -0.39 is 0 Å². The number of aliphatic hydroxyl groups is 1. The first-order valence-electron chi connectivity index (χ1n) is 6.01. The van der Waals surface area contributed by atoms with Gasteiger partial charge in [0.1, 0.15) is 0 Å². The van der Waals surface area contributed by atoms with Crippen molar-refractivity contribution < 1.29 is 5.11 Å². The predicted octanol–water partition coefficient (Wildman–Crippen LogP) is 1.76. The zero-order valence-corrected chi connectivity index (χ0v) is 10.2. The molecular formula is C13H22N2O. The molecule has 0 unspecified atom stereocenters. The van der Waals surface area contributed by atoms with Crippen LogP contribution < -0.4 is 5.32 Å². The predicted molar refractivity (Wildman–Crippen MR) is 66.3 cm³/mol. The molecule has 0 aliphatic carbocycles. The second kappa shape index (κ2) is 6.61. The van der Waals surface area contributed by atoms with Crippen LogP contribution in [0.2, 0.25) is 0 Å². The second-order valence-electron chi connectivity index (χ2n) is 4.18. The van der Waals surface area contributed by atoms with Crippen LogP contribution in [0.4, 0.5) is 0 Å². The third kappa shape index (κ3) is 3.58. The van der Waals surface area contributed by atoms with Crippen LogP contribution in [-0.4, -0.2) is 28.8 Å². The minimum atomic E-state index is -0.104. The van der Waals surface area contributed by atoms with Gasteiger partial charge in [-0.25, -0.2) is 0 Å². The summed E-state index contributed by atoms with van der Waals surface area (Å²) < 4.78 is 0. The lowest BCUT2D eigenvalue weighted by Gasteiger charge is -2.31. The average Bonchev–Trinajstić information content (AvgIpc) is 2.37. The molecule has 3 nitrogen and oxygen atoms in total. The van der Waals surface area contributed by atoms with Crippen LogP contribution in [-0.2, 0) is 6.42 Å². The summed E-state index contributed by atoms with van der Waals surface area (Å²) in [6, 6.07) is 4.06. The number of nitrogens with one attached hydrogen (secondary N) is 1. The molecule has 0 saturated carbocycles. The number of pyridine rings is 1. The molecule has 3 heteroatoms. The standard InChI is InChI=1S/C13H22N2O/c1-3-13(4-2,11-16)15-10-7-12-5-8-14-9-6-12/h5-6,8-9,15-16H,3-4,7,10-11H2,1-2H3. The largest absolute Gasteiger partial charge is 0.394 e. The number of rotatable bonds is 7. The van der Waals surface area contributed by atoms with E-state index in [2.05, 4.69) is 24.1 Å². The highest BCUT2D eigenvalue weighted by Gasteiger charge is 2.23. The Kier molecular flexibility index (Phi) is 5.43. The van der Waals surface area contributed by atoms with Crippen molar-refractivity contribution >= 4 is 0 Å². The molecule has 2 N–H and O–H groups in total. The van der Waals surface area contributed by atoms with Crippen LogP contribution in [0.3, 0.4) is 0 Å². The van der Waals surface area contributed by atoms with Crippen molar-refractivity contribution in [3.63, 3.8) is 0 Å². The Labute approximate surface area is 97.9 Å². The highest BCUT2D eigenvalue weighted by molar-refractivity contribution is 5.10. The Bertz CT molecular complexity index is 275. The van der Waals surface area contributed by atoms with Crippen molar-refractivity contribution in [2.24, 2.45) is 0 Å². The first kappa shape index (κ1) is 13.1. The number of aromatic nitrogens is 1. The SMILES string of the molecule is CCC(CC)(CO)NCCc1ccncc1. The Morgan fingerprint density at radius 3 is 2.38 bits per heavy atom. The van der Waals surface area contributed by atoms with E-state index in [0.29, 0.717) is 0 Å². The van der Waals surface area contributed by atoms with Crippen molar-refractivity contribution in [2.45, 2.75) is 38.6 Å². The lowest BCUT2D eigenvalue weighted by atomic mass is 9.93. The first-order chi connectivity index (χ1) is 7.76. The molecule has 1 aromatic rings. The summed E-state index contributed by atoms with van der Waals surface area (Å²) in [6.07, 6.45) is 6.51. The maximum atomic E-state index is 9.40. The molecule has 0 amide bonds. The molecular weight excluding hydrogens is 200 g/mol. The quantitative estimate of drug-likeness (QED) is 0.739. The van der Waals surface area contributed by atoms with Crippen LogP contribution in [0, 0.1) is 0 Å². The molecule has 0 saturated heterocycles. The number of aliphatic hydroxyl groups excluding tert-OH is 1. The van der Waals surface area contributed by atoms with E-state index in [1.807, 2.05) is 24.5 Å². The fraction of sp³-hybridized carbons (Fsp3) is 0.615. The fourth-order valence-electron chi connectivity index (χ4n) is 1.80. The van der Waals surface area contributed by atoms with E-state index in [-0.39, 0.29) is 12.1 Å². The molecule has 0 aromatic carbocycles. The molecule has 0 fully saturated rings. The summed E-state index contributed by atoms with van der Waals surface area (Å²) in [5.74, 6) is 0. The lowest BCUT2D eigenvalue weighted by Crippen LogP contribution is -2.48.